The van der Waals surface area contributed by atoms with E-state index in [0.29, 0.717) is 16.3 Å². The molecule has 7 nitrogen and oxygen atoms in total. The number of thioether (sulfide) groups is 1. The summed E-state index contributed by atoms with van der Waals surface area (Å²) in [6.45, 7) is 3.58. The Morgan fingerprint density at radius 1 is 1.39 bits per heavy atom. The van der Waals surface area contributed by atoms with E-state index in [2.05, 4.69) is 10.1 Å². The summed E-state index contributed by atoms with van der Waals surface area (Å²) >= 11 is 1.42. The van der Waals surface area contributed by atoms with Crippen LogP contribution >= 0.6 is 11.8 Å². The number of amides is 2. The molecule has 0 atom stereocenters. The van der Waals surface area contributed by atoms with Crippen LogP contribution in [0, 0.1) is 13.8 Å². The molecule has 0 bridgehead atoms. The van der Waals surface area contributed by atoms with Crippen LogP contribution in [-0.4, -0.2) is 40.4 Å². The Morgan fingerprint density at radius 3 is 2.74 bits per heavy atom. The molecular weight excluding hydrogens is 316 g/mol. The van der Waals surface area contributed by atoms with Crippen molar-refractivity contribution in [3.8, 4) is 0 Å². The lowest BCUT2D eigenvalue weighted by atomic mass is 10.2. The Morgan fingerprint density at radius 2 is 2.13 bits per heavy atom. The highest BCUT2D eigenvalue weighted by Gasteiger charge is 2.19. The molecule has 0 radical (unpaired) electrons. The number of pyridine rings is 1. The van der Waals surface area contributed by atoms with Gasteiger partial charge in [0.2, 0.25) is 5.91 Å². The molecule has 0 saturated carbocycles. The number of aryl methyl sites for hydroxylation is 2. The minimum Gasteiger partial charge on any atom is -0.368 e. The summed E-state index contributed by atoms with van der Waals surface area (Å²) in [6.07, 6.45) is 1.63. The van der Waals surface area contributed by atoms with E-state index in [9.17, 15) is 9.59 Å². The van der Waals surface area contributed by atoms with Crippen LogP contribution in [0.4, 0.5) is 0 Å². The van der Waals surface area contributed by atoms with Crippen molar-refractivity contribution in [1.82, 2.24) is 15.0 Å². The van der Waals surface area contributed by atoms with Gasteiger partial charge in [-0.15, -0.1) is 11.8 Å². The van der Waals surface area contributed by atoms with E-state index in [-0.39, 0.29) is 12.5 Å². The summed E-state index contributed by atoms with van der Waals surface area (Å²) in [5.41, 5.74) is 7.38. The number of primary amides is 1. The van der Waals surface area contributed by atoms with Crippen molar-refractivity contribution in [1.29, 1.82) is 0 Å². The number of nitrogens with zero attached hydrogens (tertiary/aromatic N) is 3. The van der Waals surface area contributed by atoms with E-state index in [4.69, 9.17) is 10.3 Å². The fourth-order valence-electron chi connectivity index (χ4n) is 2.03. The predicted octanol–water partition coefficient (Wildman–Crippen LogP) is 1.54. The Bertz CT molecular complexity index is 710. The average Bonchev–Trinajstić information content (AvgIpc) is 2.83. The van der Waals surface area contributed by atoms with Gasteiger partial charge in [0.15, 0.2) is 0 Å². The molecule has 0 fully saturated rings. The van der Waals surface area contributed by atoms with Gasteiger partial charge in [-0.2, -0.15) is 0 Å². The molecule has 0 saturated heterocycles. The van der Waals surface area contributed by atoms with Crippen molar-refractivity contribution in [2.24, 2.45) is 5.73 Å². The van der Waals surface area contributed by atoms with Crippen LogP contribution in [0.25, 0.3) is 0 Å². The van der Waals surface area contributed by atoms with Gasteiger partial charge in [0.1, 0.15) is 10.8 Å². The Hall–Kier alpha value is -2.35. The lowest BCUT2D eigenvalue weighted by Crippen LogP contribution is -2.35. The monoisotopic (exact) mass is 334 g/mol. The van der Waals surface area contributed by atoms with Gasteiger partial charge in [0.25, 0.3) is 5.91 Å². The van der Waals surface area contributed by atoms with Crippen LogP contribution in [0.3, 0.4) is 0 Å². The number of carbonyl (C=O) groups excluding carboxylic acids is 2. The maximum atomic E-state index is 12.4. The number of hydrogen-bond acceptors (Lipinski definition) is 6. The summed E-state index contributed by atoms with van der Waals surface area (Å²) in [5.74, 6) is 0.496. The molecule has 2 amide bonds. The van der Waals surface area contributed by atoms with E-state index in [1.165, 1.54) is 23.7 Å². The second-order valence-corrected chi connectivity index (χ2v) is 6.04. The number of hydrogen-bond donors (Lipinski definition) is 1. The smallest absolute Gasteiger partial charge is 0.256 e. The van der Waals surface area contributed by atoms with Crippen LogP contribution in [0.2, 0.25) is 0 Å². The molecule has 122 valence electrons. The number of likely N-dealkylation sites (N-methyl/N-ethyl adjacent to an activating group) is 1. The summed E-state index contributed by atoms with van der Waals surface area (Å²) in [7, 11) is 1.53. The SMILES string of the molecule is Cc1noc(C)c1CSc1ncccc1C(=O)N(C)CC(N)=O. The summed E-state index contributed by atoms with van der Waals surface area (Å²) in [5, 5.41) is 4.50. The Balaban J connectivity index is 2.17. The molecule has 2 N–H and O–H groups in total. The largest absolute Gasteiger partial charge is 0.368 e. The fourth-order valence-corrected chi connectivity index (χ4v) is 3.17. The quantitative estimate of drug-likeness (QED) is 0.804. The summed E-state index contributed by atoms with van der Waals surface area (Å²) in [4.78, 5) is 29.0. The van der Waals surface area contributed by atoms with E-state index in [1.807, 2.05) is 13.8 Å². The van der Waals surface area contributed by atoms with Crippen LogP contribution < -0.4 is 5.73 Å². The normalized spacial score (nSPS) is 10.6. The van der Waals surface area contributed by atoms with Crippen molar-refractivity contribution in [3.63, 3.8) is 0 Å². The molecular formula is C15H18N4O3S. The van der Waals surface area contributed by atoms with Gasteiger partial charge in [-0.1, -0.05) is 5.16 Å². The molecule has 2 aromatic rings. The molecule has 2 heterocycles. The highest BCUT2D eigenvalue weighted by Crippen LogP contribution is 2.27. The van der Waals surface area contributed by atoms with Crippen LogP contribution in [0.1, 0.15) is 27.4 Å². The van der Waals surface area contributed by atoms with Gasteiger partial charge in [0.05, 0.1) is 17.8 Å². The van der Waals surface area contributed by atoms with Gasteiger partial charge in [-0.3, -0.25) is 9.59 Å². The first-order valence-corrected chi connectivity index (χ1v) is 7.92. The third-order valence-corrected chi connectivity index (χ3v) is 4.31. The second-order valence-electron chi connectivity index (χ2n) is 5.08. The predicted molar refractivity (Wildman–Crippen MR) is 85.9 cm³/mol. The summed E-state index contributed by atoms with van der Waals surface area (Å²) in [6, 6.07) is 3.37. The third kappa shape index (κ3) is 4.10. The Kier molecular flexibility index (Phi) is 5.38. The molecule has 2 rings (SSSR count). The number of nitrogens with two attached hydrogens (primary N) is 1. The highest BCUT2D eigenvalue weighted by atomic mass is 32.2. The van der Waals surface area contributed by atoms with E-state index >= 15 is 0 Å². The molecule has 0 unspecified atom stereocenters. The molecule has 0 aliphatic rings. The first-order chi connectivity index (χ1) is 10.9. The third-order valence-electron chi connectivity index (χ3n) is 3.28. The number of rotatable bonds is 6. The Labute approximate surface area is 138 Å². The fraction of sp³-hybridized carbons (Fsp3) is 0.333. The number of carbonyl (C=O) groups is 2. The molecule has 23 heavy (non-hydrogen) atoms. The van der Waals surface area contributed by atoms with Gasteiger partial charge < -0.3 is 15.2 Å². The van der Waals surface area contributed by atoms with Gasteiger partial charge in [-0.25, -0.2) is 4.98 Å². The average molecular weight is 334 g/mol. The maximum Gasteiger partial charge on any atom is 0.256 e. The van der Waals surface area contributed by atoms with Crippen molar-refractivity contribution >= 4 is 23.6 Å². The summed E-state index contributed by atoms with van der Waals surface area (Å²) < 4.78 is 5.13. The van der Waals surface area contributed by atoms with E-state index in [0.717, 1.165) is 17.0 Å². The van der Waals surface area contributed by atoms with Crippen molar-refractivity contribution < 1.29 is 14.1 Å². The first kappa shape index (κ1) is 17.0. The van der Waals surface area contributed by atoms with Crippen LogP contribution in [0.15, 0.2) is 27.9 Å². The lowest BCUT2D eigenvalue weighted by Gasteiger charge is -2.16. The molecule has 0 spiro atoms. The van der Waals surface area contributed by atoms with Gasteiger partial charge in [-0.05, 0) is 26.0 Å². The van der Waals surface area contributed by atoms with E-state index < -0.39 is 5.91 Å². The van der Waals surface area contributed by atoms with Crippen molar-refractivity contribution in [2.75, 3.05) is 13.6 Å². The standard InChI is InChI=1S/C15H18N4O3S/c1-9-12(10(2)22-18-9)8-23-14-11(5-4-6-17-14)15(21)19(3)7-13(16)20/h4-6H,7-8H2,1-3H3,(H2,16,20). The van der Waals surface area contributed by atoms with Crippen LogP contribution in [-0.2, 0) is 10.5 Å². The maximum absolute atomic E-state index is 12.4. The zero-order valence-corrected chi connectivity index (χ0v) is 14.0. The molecule has 0 aromatic carbocycles. The molecule has 0 aliphatic carbocycles. The molecule has 0 aliphatic heterocycles. The lowest BCUT2D eigenvalue weighted by molar-refractivity contribution is -0.118. The van der Waals surface area contributed by atoms with Crippen LogP contribution in [0.5, 0.6) is 0 Å². The van der Waals surface area contributed by atoms with Crippen molar-refractivity contribution in [3.05, 3.63) is 40.9 Å². The minimum atomic E-state index is -0.560. The second kappa shape index (κ2) is 7.28. The first-order valence-electron chi connectivity index (χ1n) is 6.93. The van der Waals surface area contributed by atoms with Gasteiger partial charge in [0, 0.05) is 24.6 Å². The van der Waals surface area contributed by atoms with Gasteiger partial charge >= 0.3 is 0 Å². The minimum absolute atomic E-state index is 0.137. The zero-order valence-electron chi connectivity index (χ0n) is 13.2. The molecule has 2 aromatic heterocycles. The zero-order chi connectivity index (χ0) is 17.0. The van der Waals surface area contributed by atoms with Crippen molar-refractivity contribution in [2.45, 2.75) is 24.6 Å². The number of aromatic nitrogens is 2. The topological polar surface area (TPSA) is 102 Å². The highest BCUT2D eigenvalue weighted by molar-refractivity contribution is 7.98. The van der Waals surface area contributed by atoms with E-state index in [1.54, 1.807) is 18.3 Å². The molecule has 8 heteroatoms.